The summed E-state index contributed by atoms with van der Waals surface area (Å²) in [6.45, 7) is 3.26. The number of morpholine rings is 1. The zero-order valence-electron chi connectivity index (χ0n) is 14.1. The number of aromatic nitrogens is 5. The van der Waals surface area contributed by atoms with Crippen LogP contribution in [-0.2, 0) is 9.48 Å². The molecule has 7 nitrogen and oxygen atoms in total. The summed E-state index contributed by atoms with van der Waals surface area (Å²) in [6.07, 6.45) is 8.31. The Kier molecular flexibility index (Phi) is 3.49. The van der Waals surface area contributed by atoms with Gasteiger partial charge in [-0.2, -0.15) is 26.6 Å². The van der Waals surface area contributed by atoms with Crippen LogP contribution in [0.25, 0.3) is 16.9 Å². The molecule has 2 aliphatic rings. The van der Waals surface area contributed by atoms with Crippen LogP contribution in [0.3, 0.4) is 0 Å². The zero-order valence-corrected chi connectivity index (χ0v) is 14.9. The van der Waals surface area contributed by atoms with Gasteiger partial charge in [0.2, 0.25) is 0 Å². The number of aromatic amines is 1. The summed E-state index contributed by atoms with van der Waals surface area (Å²) in [7, 11) is 0. The van der Waals surface area contributed by atoms with E-state index < -0.39 is 0 Å². The van der Waals surface area contributed by atoms with Crippen molar-refractivity contribution in [1.29, 1.82) is 0 Å². The lowest BCUT2D eigenvalue weighted by atomic mass is 10.1. The van der Waals surface area contributed by atoms with Gasteiger partial charge in [-0.25, -0.2) is 4.98 Å². The molecule has 1 aliphatic heterocycles. The fourth-order valence-corrected chi connectivity index (χ4v) is 4.46. The highest BCUT2D eigenvalue weighted by Gasteiger charge is 2.45. The van der Waals surface area contributed by atoms with Gasteiger partial charge in [0.1, 0.15) is 5.82 Å². The van der Waals surface area contributed by atoms with E-state index in [2.05, 4.69) is 32.5 Å². The van der Waals surface area contributed by atoms with Crippen LogP contribution in [0.1, 0.15) is 18.4 Å². The molecular weight excluding hydrogens is 336 g/mol. The van der Waals surface area contributed by atoms with Gasteiger partial charge in [-0.05, 0) is 30.7 Å². The first kappa shape index (κ1) is 15.2. The maximum atomic E-state index is 5.50. The topological polar surface area (TPSA) is 71.9 Å². The van der Waals surface area contributed by atoms with Gasteiger partial charge in [-0.15, -0.1) is 0 Å². The van der Waals surface area contributed by atoms with Gasteiger partial charge in [0, 0.05) is 29.3 Å². The lowest BCUT2D eigenvalue weighted by Crippen LogP contribution is -2.37. The van der Waals surface area contributed by atoms with Crippen molar-refractivity contribution in [1.82, 2.24) is 25.0 Å². The van der Waals surface area contributed by atoms with Crippen molar-refractivity contribution in [3.63, 3.8) is 0 Å². The number of thioether (sulfide) groups is 1. The summed E-state index contributed by atoms with van der Waals surface area (Å²) < 4.78 is 7.57. The quantitative estimate of drug-likeness (QED) is 0.774. The normalized spacial score (nSPS) is 19.5. The van der Waals surface area contributed by atoms with E-state index in [-0.39, 0.29) is 4.75 Å². The molecule has 0 bridgehead atoms. The number of hydrogen-bond acceptors (Lipinski definition) is 6. The van der Waals surface area contributed by atoms with Crippen molar-refractivity contribution in [2.24, 2.45) is 0 Å². The van der Waals surface area contributed by atoms with E-state index in [1.165, 1.54) is 18.4 Å². The molecule has 0 amide bonds. The Morgan fingerprint density at radius 2 is 2.12 bits per heavy atom. The van der Waals surface area contributed by atoms with Crippen LogP contribution in [0.2, 0.25) is 0 Å². The third-order valence-corrected chi connectivity index (χ3v) is 6.57. The van der Waals surface area contributed by atoms with Crippen molar-refractivity contribution in [3.05, 3.63) is 30.1 Å². The monoisotopic (exact) mass is 356 g/mol. The summed E-state index contributed by atoms with van der Waals surface area (Å²) in [5.41, 5.74) is 2.25. The highest BCUT2D eigenvalue weighted by atomic mass is 32.2. The van der Waals surface area contributed by atoms with Gasteiger partial charge in [0.15, 0.2) is 11.5 Å². The summed E-state index contributed by atoms with van der Waals surface area (Å²) in [4.78, 5) is 7.28. The molecule has 0 atom stereocenters. The van der Waals surface area contributed by atoms with E-state index in [1.54, 1.807) is 6.20 Å². The van der Waals surface area contributed by atoms with Crippen LogP contribution >= 0.6 is 11.8 Å². The van der Waals surface area contributed by atoms with Gasteiger partial charge in [-0.3, -0.25) is 5.10 Å². The van der Waals surface area contributed by atoms with Crippen molar-refractivity contribution < 1.29 is 4.74 Å². The smallest absolute Gasteiger partial charge is 0.167 e. The SMILES string of the molecule is CSC1(c2cc(N3CCOCC3)nc3c2cnn3-c2ccn[nH]2)CC1. The number of nitrogens with one attached hydrogen (secondary N) is 1. The number of nitrogens with zero attached hydrogens (tertiary/aromatic N) is 5. The Morgan fingerprint density at radius 3 is 2.80 bits per heavy atom. The molecule has 0 radical (unpaired) electrons. The van der Waals surface area contributed by atoms with E-state index in [9.17, 15) is 0 Å². The highest BCUT2D eigenvalue weighted by molar-refractivity contribution is 7.99. The number of rotatable bonds is 4. The maximum absolute atomic E-state index is 5.50. The van der Waals surface area contributed by atoms with Gasteiger partial charge < -0.3 is 9.64 Å². The Labute approximate surface area is 149 Å². The number of pyridine rings is 1. The first-order valence-corrected chi connectivity index (χ1v) is 9.80. The largest absolute Gasteiger partial charge is 0.378 e. The Hall–Kier alpha value is -2.06. The van der Waals surface area contributed by atoms with E-state index in [0.29, 0.717) is 0 Å². The Morgan fingerprint density at radius 1 is 1.28 bits per heavy atom. The van der Waals surface area contributed by atoms with Crippen LogP contribution in [0.5, 0.6) is 0 Å². The Balaban J connectivity index is 1.71. The fraction of sp³-hybridized carbons (Fsp3) is 0.471. The molecule has 0 unspecified atom stereocenters. The molecule has 1 saturated carbocycles. The van der Waals surface area contributed by atoms with Crippen molar-refractivity contribution in [3.8, 4) is 5.82 Å². The van der Waals surface area contributed by atoms with Crippen LogP contribution in [0, 0.1) is 0 Å². The van der Waals surface area contributed by atoms with E-state index in [1.807, 2.05) is 28.7 Å². The summed E-state index contributed by atoms with van der Waals surface area (Å²) in [5, 5.41) is 12.8. The molecule has 5 rings (SSSR count). The molecule has 1 N–H and O–H groups in total. The minimum Gasteiger partial charge on any atom is -0.378 e. The van der Waals surface area contributed by atoms with Crippen LogP contribution in [0.4, 0.5) is 5.82 Å². The summed E-state index contributed by atoms with van der Waals surface area (Å²) >= 11 is 1.94. The number of fused-ring (bicyclic) bond motifs is 1. The van der Waals surface area contributed by atoms with Crippen LogP contribution in [-0.4, -0.2) is 57.5 Å². The molecule has 4 heterocycles. The second kappa shape index (κ2) is 5.74. The second-order valence-corrected chi connectivity index (χ2v) is 7.75. The van der Waals surface area contributed by atoms with Crippen molar-refractivity contribution >= 4 is 28.6 Å². The first-order chi connectivity index (χ1) is 12.3. The predicted octanol–water partition coefficient (Wildman–Crippen LogP) is 2.33. The molecule has 8 heteroatoms. The molecule has 130 valence electrons. The molecule has 3 aromatic heterocycles. The molecule has 1 saturated heterocycles. The van der Waals surface area contributed by atoms with Crippen LogP contribution in [0.15, 0.2) is 24.5 Å². The fourth-order valence-electron chi connectivity index (χ4n) is 3.56. The zero-order chi connectivity index (χ0) is 16.9. The molecule has 2 fully saturated rings. The Bertz CT molecular complexity index is 895. The van der Waals surface area contributed by atoms with Gasteiger partial charge in [-0.1, -0.05) is 0 Å². The van der Waals surface area contributed by atoms with E-state index in [0.717, 1.165) is 49.0 Å². The molecule has 25 heavy (non-hydrogen) atoms. The first-order valence-electron chi connectivity index (χ1n) is 8.58. The standard InChI is InChI=1S/C17H20N6OS/c1-25-17(3-4-17)13-10-15(22-6-8-24-9-7-22)20-16-12(13)11-19-23(16)14-2-5-18-21-14/h2,5,10-11H,3-4,6-9H2,1H3,(H,18,21). The highest BCUT2D eigenvalue weighted by Crippen LogP contribution is 2.57. The van der Waals surface area contributed by atoms with E-state index >= 15 is 0 Å². The van der Waals surface area contributed by atoms with Crippen LogP contribution < -0.4 is 4.90 Å². The third kappa shape index (κ3) is 2.43. The van der Waals surface area contributed by atoms with Gasteiger partial charge in [0.05, 0.1) is 25.6 Å². The van der Waals surface area contributed by atoms with Crippen molar-refractivity contribution in [2.45, 2.75) is 17.6 Å². The number of ether oxygens (including phenoxy) is 1. The third-order valence-electron chi connectivity index (χ3n) is 5.16. The van der Waals surface area contributed by atoms with Gasteiger partial charge >= 0.3 is 0 Å². The molecular formula is C17H20N6OS. The van der Waals surface area contributed by atoms with E-state index in [4.69, 9.17) is 9.72 Å². The number of anilines is 1. The molecule has 3 aromatic rings. The van der Waals surface area contributed by atoms with Gasteiger partial charge in [0.25, 0.3) is 0 Å². The average Bonchev–Trinajstić information content (AvgIpc) is 3.06. The lowest BCUT2D eigenvalue weighted by Gasteiger charge is -2.29. The predicted molar refractivity (Wildman–Crippen MR) is 98.5 cm³/mol. The second-order valence-electron chi connectivity index (χ2n) is 6.56. The van der Waals surface area contributed by atoms with Crippen molar-refractivity contribution in [2.75, 3.05) is 37.5 Å². The summed E-state index contributed by atoms with van der Waals surface area (Å²) in [6, 6.07) is 4.19. The number of hydrogen-bond donors (Lipinski definition) is 1. The average molecular weight is 356 g/mol. The minimum absolute atomic E-state index is 0.212. The number of H-pyrrole nitrogens is 1. The summed E-state index contributed by atoms with van der Waals surface area (Å²) in [5.74, 6) is 1.86. The lowest BCUT2D eigenvalue weighted by molar-refractivity contribution is 0.122. The molecule has 0 aromatic carbocycles. The maximum Gasteiger partial charge on any atom is 0.167 e. The molecule has 0 spiro atoms. The minimum atomic E-state index is 0.212. The molecule has 1 aliphatic carbocycles.